The molecule has 6 heteroatoms. The number of carbonyl (C=O) groups excluding carboxylic acids is 1. The van der Waals surface area contributed by atoms with E-state index >= 15 is 0 Å². The predicted molar refractivity (Wildman–Crippen MR) is 134 cm³/mol. The first-order valence-electron chi connectivity index (χ1n) is 11.1. The summed E-state index contributed by atoms with van der Waals surface area (Å²) < 4.78 is 10.2. The van der Waals surface area contributed by atoms with Gasteiger partial charge >= 0.3 is 11.9 Å². The van der Waals surface area contributed by atoms with Crippen molar-refractivity contribution in [2.45, 2.75) is 13.3 Å². The normalized spacial score (nSPS) is 11.8. The topological polar surface area (TPSA) is 89.6 Å². The highest BCUT2D eigenvalue weighted by molar-refractivity contribution is 5.99. The number of carboxylic acids is 1. The van der Waals surface area contributed by atoms with Gasteiger partial charge in [-0.3, -0.25) is 0 Å². The number of nitrogens with zero attached hydrogens (tertiary/aromatic N) is 1. The van der Waals surface area contributed by atoms with E-state index in [-0.39, 0.29) is 5.76 Å². The van der Waals surface area contributed by atoms with E-state index in [9.17, 15) is 9.59 Å². The molecule has 0 fully saturated rings. The molecule has 4 aromatic rings. The van der Waals surface area contributed by atoms with E-state index in [1.807, 2.05) is 54.6 Å². The first-order chi connectivity index (χ1) is 17.0. The van der Waals surface area contributed by atoms with E-state index in [1.54, 1.807) is 18.2 Å². The van der Waals surface area contributed by atoms with Crippen molar-refractivity contribution in [2.24, 2.45) is 0 Å². The van der Waals surface area contributed by atoms with Gasteiger partial charge in [0.15, 0.2) is 0 Å². The maximum Gasteiger partial charge on any atom is 0.382 e. The Morgan fingerprint density at radius 1 is 0.886 bits per heavy atom. The van der Waals surface area contributed by atoms with Gasteiger partial charge in [0.25, 0.3) is 0 Å². The van der Waals surface area contributed by atoms with E-state index in [0.29, 0.717) is 5.75 Å². The number of carboxylic acid groups (broad SMARTS) is 1. The van der Waals surface area contributed by atoms with Crippen LogP contribution in [0.2, 0.25) is 0 Å². The van der Waals surface area contributed by atoms with Crippen molar-refractivity contribution in [3.05, 3.63) is 125 Å². The van der Waals surface area contributed by atoms with Gasteiger partial charge in [-0.2, -0.15) is 0 Å². The zero-order valence-corrected chi connectivity index (χ0v) is 19.0. The van der Waals surface area contributed by atoms with E-state index in [1.165, 1.54) is 12.3 Å². The van der Waals surface area contributed by atoms with Crippen molar-refractivity contribution in [2.75, 3.05) is 0 Å². The Bertz CT molecular complexity index is 1350. The smallest absolute Gasteiger partial charge is 0.382 e. The van der Waals surface area contributed by atoms with Gasteiger partial charge in [0.1, 0.15) is 5.75 Å². The van der Waals surface area contributed by atoms with Crippen LogP contribution in [0.5, 0.6) is 5.75 Å². The number of esters is 1. The summed E-state index contributed by atoms with van der Waals surface area (Å²) in [6, 6.07) is 26.7. The molecule has 1 aromatic heterocycles. The number of rotatable bonds is 8. The fourth-order valence-corrected chi connectivity index (χ4v) is 3.78. The van der Waals surface area contributed by atoms with Gasteiger partial charge < -0.3 is 14.4 Å². The number of carbonyl (C=O) groups is 2. The van der Waals surface area contributed by atoms with Crippen LogP contribution in [0.4, 0.5) is 0 Å². The molecule has 0 spiro atoms. The summed E-state index contributed by atoms with van der Waals surface area (Å²) in [5.41, 5.74) is 6.05. The van der Waals surface area contributed by atoms with Gasteiger partial charge in [0.2, 0.25) is 5.76 Å². The summed E-state index contributed by atoms with van der Waals surface area (Å²) in [6.45, 7) is 2.11. The number of aliphatic carboxylic acids is 1. The second kappa shape index (κ2) is 10.9. The molecule has 0 amide bonds. The third-order valence-corrected chi connectivity index (χ3v) is 5.39. The molecule has 174 valence electrons. The van der Waals surface area contributed by atoms with Crippen LogP contribution >= 0.6 is 0 Å². The molecular formula is C29H23NO5. The second-order valence-electron chi connectivity index (χ2n) is 7.66. The Hall–Kier alpha value is -4.71. The molecule has 3 aromatic carbocycles. The van der Waals surface area contributed by atoms with Gasteiger partial charge in [-0.25, -0.2) is 9.59 Å². The van der Waals surface area contributed by atoms with Gasteiger partial charge in [-0.15, -0.1) is 0 Å². The minimum atomic E-state index is -0.990. The van der Waals surface area contributed by atoms with Crippen LogP contribution in [-0.2, 0) is 4.79 Å². The third-order valence-electron chi connectivity index (χ3n) is 5.39. The SMILES string of the molecule is CC/C(=C(/c1ccc(/C=C/C(=O)O)cc1)c1ccc(OC(=O)c2ccno2)cc1)c1ccccc1. The number of hydrogen-bond acceptors (Lipinski definition) is 5. The maximum absolute atomic E-state index is 12.2. The number of ether oxygens (including phenoxy) is 1. The van der Waals surface area contributed by atoms with Crippen LogP contribution in [0.25, 0.3) is 17.2 Å². The second-order valence-corrected chi connectivity index (χ2v) is 7.66. The Morgan fingerprint density at radius 3 is 2.11 bits per heavy atom. The number of allylic oxidation sites excluding steroid dienone is 1. The summed E-state index contributed by atoms with van der Waals surface area (Å²) in [4.78, 5) is 23.0. The average Bonchev–Trinajstić information content (AvgIpc) is 3.43. The molecule has 0 saturated heterocycles. The van der Waals surface area contributed by atoms with Crippen LogP contribution in [-0.4, -0.2) is 22.2 Å². The zero-order valence-electron chi connectivity index (χ0n) is 19.0. The fraction of sp³-hybridized carbons (Fsp3) is 0.0690. The van der Waals surface area contributed by atoms with Crippen LogP contribution < -0.4 is 4.74 Å². The lowest BCUT2D eigenvalue weighted by Gasteiger charge is -2.17. The molecule has 0 atom stereocenters. The van der Waals surface area contributed by atoms with Crippen molar-refractivity contribution in [1.29, 1.82) is 0 Å². The molecule has 0 radical (unpaired) electrons. The maximum atomic E-state index is 12.2. The highest BCUT2D eigenvalue weighted by Gasteiger charge is 2.15. The van der Waals surface area contributed by atoms with Gasteiger partial charge in [0, 0.05) is 12.1 Å². The monoisotopic (exact) mass is 465 g/mol. The van der Waals surface area contributed by atoms with E-state index in [2.05, 4.69) is 24.2 Å². The molecular weight excluding hydrogens is 442 g/mol. The largest absolute Gasteiger partial charge is 0.478 e. The predicted octanol–water partition coefficient (Wildman–Crippen LogP) is 6.36. The van der Waals surface area contributed by atoms with Crippen LogP contribution in [0.3, 0.4) is 0 Å². The van der Waals surface area contributed by atoms with E-state index in [0.717, 1.165) is 45.9 Å². The molecule has 0 aliphatic rings. The molecule has 1 heterocycles. The molecule has 0 aliphatic heterocycles. The molecule has 35 heavy (non-hydrogen) atoms. The lowest BCUT2D eigenvalue weighted by atomic mass is 9.88. The first-order valence-corrected chi connectivity index (χ1v) is 11.1. The van der Waals surface area contributed by atoms with E-state index in [4.69, 9.17) is 14.4 Å². The van der Waals surface area contributed by atoms with Gasteiger partial charge in [0.05, 0.1) is 6.20 Å². The van der Waals surface area contributed by atoms with Gasteiger partial charge in [-0.05, 0) is 58.0 Å². The molecule has 0 aliphatic carbocycles. The number of hydrogen-bond donors (Lipinski definition) is 1. The lowest BCUT2D eigenvalue weighted by Crippen LogP contribution is -2.07. The third kappa shape index (κ3) is 5.81. The fourth-order valence-electron chi connectivity index (χ4n) is 3.78. The van der Waals surface area contributed by atoms with Crippen molar-refractivity contribution in [1.82, 2.24) is 5.16 Å². The van der Waals surface area contributed by atoms with Crippen LogP contribution in [0.15, 0.2) is 102 Å². The van der Waals surface area contributed by atoms with Crippen LogP contribution in [0, 0.1) is 0 Å². The average molecular weight is 466 g/mol. The Morgan fingerprint density at radius 2 is 1.54 bits per heavy atom. The highest BCUT2D eigenvalue weighted by atomic mass is 16.6. The Balaban J connectivity index is 1.73. The number of benzene rings is 3. The number of aromatic nitrogens is 1. The molecule has 1 N–H and O–H groups in total. The summed E-state index contributed by atoms with van der Waals surface area (Å²) in [5, 5.41) is 12.4. The lowest BCUT2D eigenvalue weighted by molar-refractivity contribution is -0.131. The van der Waals surface area contributed by atoms with Crippen molar-refractivity contribution < 1.29 is 24.0 Å². The minimum absolute atomic E-state index is 0.0315. The summed E-state index contributed by atoms with van der Waals surface area (Å²) >= 11 is 0. The van der Waals surface area contributed by atoms with E-state index < -0.39 is 11.9 Å². The molecule has 0 saturated carbocycles. The Kier molecular flexibility index (Phi) is 7.33. The minimum Gasteiger partial charge on any atom is -0.478 e. The molecule has 0 bridgehead atoms. The molecule has 0 unspecified atom stereocenters. The quantitative estimate of drug-likeness (QED) is 0.141. The van der Waals surface area contributed by atoms with Crippen LogP contribution in [0.1, 0.15) is 46.2 Å². The van der Waals surface area contributed by atoms with Gasteiger partial charge in [-0.1, -0.05) is 78.8 Å². The molecule has 6 nitrogen and oxygen atoms in total. The summed E-state index contributed by atoms with van der Waals surface area (Å²) in [7, 11) is 0. The summed E-state index contributed by atoms with van der Waals surface area (Å²) in [5.74, 6) is -1.18. The first kappa shape index (κ1) is 23.4. The zero-order chi connectivity index (χ0) is 24.6. The summed E-state index contributed by atoms with van der Waals surface area (Å²) in [6.07, 6.45) is 4.86. The van der Waals surface area contributed by atoms with Crippen molar-refractivity contribution in [3.63, 3.8) is 0 Å². The highest BCUT2D eigenvalue weighted by Crippen LogP contribution is 2.35. The molecule has 4 rings (SSSR count). The van der Waals surface area contributed by atoms with Crippen molar-refractivity contribution in [3.8, 4) is 5.75 Å². The van der Waals surface area contributed by atoms with Crippen molar-refractivity contribution >= 4 is 29.2 Å². The Labute approximate surface area is 202 Å². The standard InChI is InChI=1S/C29H23NO5/c1-2-25(21-6-4-3-5-7-21)28(22-11-8-20(9-12-22)10-17-27(31)32)23-13-15-24(16-14-23)34-29(33)26-18-19-30-35-26/h3-19H,2H2,1H3,(H,31,32)/b17-10+,28-25+.